The van der Waals surface area contributed by atoms with Crippen LogP contribution in [0.25, 0.3) is 11.1 Å². The van der Waals surface area contributed by atoms with E-state index >= 15 is 0 Å². The van der Waals surface area contributed by atoms with Crippen molar-refractivity contribution in [2.75, 3.05) is 21.3 Å². The molecule has 0 spiro atoms. The monoisotopic (exact) mass is 384 g/mol. The van der Waals surface area contributed by atoms with Gasteiger partial charge >= 0.3 is 0 Å². The third kappa shape index (κ3) is 4.09. The van der Waals surface area contributed by atoms with Gasteiger partial charge in [-0.05, 0) is 47.0 Å². The van der Waals surface area contributed by atoms with Gasteiger partial charge in [0.05, 0.1) is 21.3 Å². The van der Waals surface area contributed by atoms with Crippen LogP contribution in [0.3, 0.4) is 0 Å². The van der Waals surface area contributed by atoms with Gasteiger partial charge < -0.3 is 24.5 Å². The van der Waals surface area contributed by atoms with E-state index in [4.69, 9.17) is 14.2 Å². The summed E-state index contributed by atoms with van der Waals surface area (Å²) in [7, 11) is 4.61. The largest absolute Gasteiger partial charge is 0.493 e. The Labute approximate surface area is 162 Å². The van der Waals surface area contributed by atoms with Crippen LogP contribution in [0.5, 0.6) is 17.2 Å². The number of ether oxygens (including phenoxy) is 3. The zero-order valence-electron chi connectivity index (χ0n) is 15.8. The average molecular weight is 384 g/mol. The molecule has 0 saturated heterocycles. The number of carbonyl (C=O) groups excluding carboxylic acids is 1. The molecule has 3 rings (SSSR count). The normalized spacial score (nSPS) is 10.4. The Morgan fingerprint density at radius 1 is 0.964 bits per heavy atom. The van der Waals surface area contributed by atoms with E-state index in [1.54, 1.807) is 36.5 Å². The van der Waals surface area contributed by atoms with E-state index in [1.807, 2.05) is 0 Å². The lowest BCUT2D eigenvalue weighted by atomic mass is 10.1. The van der Waals surface area contributed by atoms with Gasteiger partial charge in [0.2, 0.25) is 5.75 Å². The lowest BCUT2D eigenvalue weighted by Crippen LogP contribution is -2.23. The maximum atomic E-state index is 13.1. The van der Waals surface area contributed by atoms with Gasteiger partial charge in [0.25, 0.3) is 5.91 Å². The summed E-state index contributed by atoms with van der Waals surface area (Å²) in [5.74, 6) is 0.965. The van der Waals surface area contributed by atoms with Crippen molar-refractivity contribution >= 4 is 5.91 Å². The zero-order chi connectivity index (χ0) is 20.1. The first-order valence-corrected chi connectivity index (χ1v) is 8.57. The highest BCUT2D eigenvalue weighted by atomic mass is 19.1. The molecule has 146 valence electrons. The molecule has 0 bridgehead atoms. The Balaban J connectivity index is 1.71. The van der Waals surface area contributed by atoms with Crippen molar-refractivity contribution in [1.82, 2.24) is 10.3 Å². The molecule has 1 amide bonds. The van der Waals surface area contributed by atoms with Crippen LogP contribution in [0.4, 0.5) is 4.39 Å². The number of hydrogen-bond acceptors (Lipinski definition) is 4. The molecule has 0 aliphatic carbocycles. The highest BCUT2D eigenvalue weighted by Gasteiger charge is 2.14. The fourth-order valence-corrected chi connectivity index (χ4v) is 2.85. The number of halogens is 1. The van der Waals surface area contributed by atoms with E-state index in [-0.39, 0.29) is 18.3 Å². The summed E-state index contributed by atoms with van der Waals surface area (Å²) in [4.78, 5) is 15.4. The number of carbonyl (C=O) groups is 1. The Hall–Kier alpha value is -3.48. The summed E-state index contributed by atoms with van der Waals surface area (Å²) in [6.07, 6.45) is 1.71. The predicted molar refractivity (Wildman–Crippen MR) is 103 cm³/mol. The molecule has 0 aliphatic heterocycles. The molecular formula is C21H21FN2O4. The van der Waals surface area contributed by atoms with E-state index in [1.165, 1.54) is 33.5 Å². The first-order valence-electron chi connectivity index (χ1n) is 8.57. The van der Waals surface area contributed by atoms with E-state index in [0.29, 0.717) is 22.9 Å². The Morgan fingerprint density at radius 2 is 1.61 bits per heavy atom. The number of aromatic amines is 1. The topological polar surface area (TPSA) is 72.6 Å². The van der Waals surface area contributed by atoms with Crippen LogP contribution in [-0.2, 0) is 6.54 Å². The molecule has 0 aliphatic rings. The third-order valence-electron chi connectivity index (χ3n) is 4.28. The molecule has 0 saturated carbocycles. The summed E-state index contributed by atoms with van der Waals surface area (Å²) in [5.41, 5.74) is 2.83. The van der Waals surface area contributed by atoms with Crippen molar-refractivity contribution in [2.24, 2.45) is 0 Å². The standard InChI is InChI=1S/C21H21FN2O4/c1-26-18-8-13(9-19(27-2)20(18)28-3)11-24-21(25)17-10-15(12-23-17)14-4-6-16(22)7-5-14/h4-10,12,23H,11H2,1-3H3,(H,24,25). The molecule has 2 aromatic carbocycles. The maximum Gasteiger partial charge on any atom is 0.267 e. The van der Waals surface area contributed by atoms with Crippen molar-refractivity contribution in [3.8, 4) is 28.4 Å². The summed E-state index contributed by atoms with van der Waals surface area (Å²) in [6.45, 7) is 0.278. The van der Waals surface area contributed by atoms with E-state index in [9.17, 15) is 9.18 Å². The van der Waals surface area contributed by atoms with Gasteiger partial charge in [-0.1, -0.05) is 12.1 Å². The van der Waals surface area contributed by atoms with Gasteiger partial charge in [0, 0.05) is 12.7 Å². The molecule has 0 radical (unpaired) electrons. The van der Waals surface area contributed by atoms with Gasteiger partial charge in [-0.3, -0.25) is 4.79 Å². The van der Waals surface area contributed by atoms with E-state index in [2.05, 4.69) is 10.3 Å². The Morgan fingerprint density at radius 3 is 2.18 bits per heavy atom. The highest BCUT2D eigenvalue weighted by Crippen LogP contribution is 2.38. The highest BCUT2D eigenvalue weighted by molar-refractivity contribution is 5.93. The summed E-state index contributed by atoms with van der Waals surface area (Å²) >= 11 is 0. The van der Waals surface area contributed by atoms with Crippen molar-refractivity contribution in [1.29, 1.82) is 0 Å². The Kier molecular flexibility index (Phi) is 5.84. The minimum absolute atomic E-state index is 0.262. The van der Waals surface area contributed by atoms with Crippen LogP contribution in [-0.4, -0.2) is 32.2 Å². The molecule has 0 fully saturated rings. The summed E-state index contributed by atoms with van der Waals surface area (Å²) in [6, 6.07) is 11.4. The van der Waals surface area contributed by atoms with Crippen LogP contribution >= 0.6 is 0 Å². The van der Waals surface area contributed by atoms with Gasteiger partial charge in [-0.25, -0.2) is 4.39 Å². The van der Waals surface area contributed by atoms with Crippen LogP contribution in [0.2, 0.25) is 0 Å². The number of rotatable bonds is 7. The lowest BCUT2D eigenvalue weighted by Gasteiger charge is -2.14. The minimum atomic E-state index is -0.303. The van der Waals surface area contributed by atoms with Crippen molar-refractivity contribution < 1.29 is 23.4 Å². The fourth-order valence-electron chi connectivity index (χ4n) is 2.85. The first-order chi connectivity index (χ1) is 13.5. The summed E-state index contributed by atoms with van der Waals surface area (Å²) < 4.78 is 29.0. The molecular weight excluding hydrogens is 363 g/mol. The molecule has 7 heteroatoms. The SMILES string of the molecule is COc1cc(CNC(=O)c2cc(-c3ccc(F)cc3)c[nH]2)cc(OC)c1OC. The van der Waals surface area contributed by atoms with Crippen molar-refractivity contribution in [3.63, 3.8) is 0 Å². The van der Waals surface area contributed by atoms with E-state index < -0.39 is 0 Å². The summed E-state index contributed by atoms with van der Waals surface area (Å²) in [5, 5.41) is 2.85. The molecule has 6 nitrogen and oxygen atoms in total. The Bertz CT molecular complexity index is 942. The van der Waals surface area contributed by atoms with Crippen LogP contribution in [0, 0.1) is 5.82 Å². The third-order valence-corrected chi connectivity index (χ3v) is 4.28. The smallest absolute Gasteiger partial charge is 0.267 e. The number of amides is 1. The number of H-pyrrole nitrogens is 1. The van der Waals surface area contributed by atoms with Crippen LogP contribution < -0.4 is 19.5 Å². The predicted octanol–water partition coefficient (Wildman–Crippen LogP) is 3.78. The van der Waals surface area contributed by atoms with Gasteiger partial charge in [-0.15, -0.1) is 0 Å². The second kappa shape index (κ2) is 8.47. The van der Waals surface area contributed by atoms with Crippen LogP contribution in [0.15, 0.2) is 48.7 Å². The maximum absolute atomic E-state index is 13.1. The molecule has 0 atom stereocenters. The van der Waals surface area contributed by atoms with Crippen molar-refractivity contribution in [2.45, 2.75) is 6.54 Å². The fraction of sp³-hybridized carbons (Fsp3) is 0.190. The number of methoxy groups -OCH3 is 3. The minimum Gasteiger partial charge on any atom is -0.493 e. The van der Waals surface area contributed by atoms with Crippen LogP contribution in [0.1, 0.15) is 16.1 Å². The molecule has 1 aromatic heterocycles. The zero-order valence-corrected chi connectivity index (χ0v) is 15.8. The second-order valence-corrected chi connectivity index (χ2v) is 6.03. The molecule has 2 N–H and O–H groups in total. The first kappa shape index (κ1) is 19.3. The number of aromatic nitrogens is 1. The lowest BCUT2D eigenvalue weighted by molar-refractivity contribution is 0.0946. The molecule has 28 heavy (non-hydrogen) atoms. The second-order valence-electron chi connectivity index (χ2n) is 6.03. The van der Waals surface area contributed by atoms with Gasteiger partial charge in [-0.2, -0.15) is 0 Å². The van der Waals surface area contributed by atoms with Gasteiger partial charge in [0.15, 0.2) is 11.5 Å². The average Bonchev–Trinajstić information content (AvgIpc) is 3.21. The van der Waals surface area contributed by atoms with E-state index in [0.717, 1.165) is 16.7 Å². The molecule has 1 heterocycles. The number of benzene rings is 2. The quantitative estimate of drug-likeness (QED) is 0.650. The van der Waals surface area contributed by atoms with Gasteiger partial charge in [0.1, 0.15) is 11.5 Å². The number of nitrogens with one attached hydrogen (secondary N) is 2. The molecule has 0 unspecified atom stereocenters. The van der Waals surface area contributed by atoms with Crippen molar-refractivity contribution in [3.05, 3.63) is 65.7 Å². The molecule has 3 aromatic rings. The number of hydrogen-bond donors (Lipinski definition) is 2.